The monoisotopic (exact) mass is 437 g/mol. The van der Waals surface area contributed by atoms with E-state index < -0.39 is 5.54 Å². The molecule has 2 N–H and O–H groups in total. The summed E-state index contributed by atoms with van der Waals surface area (Å²) in [5, 5.41) is 2.17. The lowest BCUT2D eigenvalue weighted by molar-refractivity contribution is -0.139. The Balaban J connectivity index is 1.68. The van der Waals surface area contributed by atoms with Gasteiger partial charge in [-0.3, -0.25) is 9.69 Å². The minimum Gasteiger partial charge on any atom is -0.381 e. The number of amides is 1. The van der Waals surface area contributed by atoms with E-state index in [9.17, 15) is 4.79 Å². The van der Waals surface area contributed by atoms with Gasteiger partial charge in [-0.05, 0) is 92.6 Å². The van der Waals surface area contributed by atoms with E-state index in [-0.39, 0.29) is 23.5 Å². The van der Waals surface area contributed by atoms with Crippen LogP contribution in [0.1, 0.15) is 56.2 Å². The van der Waals surface area contributed by atoms with Gasteiger partial charge in [0.15, 0.2) is 11.5 Å². The third kappa shape index (κ3) is 2.84. The Labute approximate surface area is 188 Å². The van der Waals surface area contributed by atoms with E-state index in [0.29, 0.717) is 5.96 Å². The van der Waals surface area contributed by atoms with Crippen molar-refractivity contribution in [2.75, 3.05) is 7.11 Å². The van der Waals surface area contributed by atoms with Crippen molar-refractivity contribution >= 4 is 23.2 Å². The number of nitrogens with zero attached hydrogens (tertiary/aromatic N) is 2. The Morgan fingerprint density at radius 2 is 2.00 bits per heavy atom. The number of methoxy groups -OCH3 is 1. The van der Waals surface area contributed by atoms with Crippen LogP contribution in [0.2, 0.25) is 0 Å². The van der Waals surface area contributed by atoms with Crippen molar-refractivity contribution in [2.45, 2.75) is 70.6 Å². The molecule has 2 heterocycles. The van der Waals surface area contributed by atoms with Gasteiger partial charge in [0.25, 0.3) is 5.91 Å². The summed E-state index contributed by atoms with van der Waals surface area (Å²) >= 11 is 1.74. The first-order chi connectivity index (χ1) is 14.8. The van der Waals surface area contributed by atoms with Crippen molar-refractivity contribution < 1.29 is 9.53 Å². The highest BCUT2D eigenvalue weighted by atomic mass is 32.1. The molecular formula is C25H31N3O2S. The zero-order chi connectivity index (χ0) is 22.0. The second-order valence-corrected chi connectivity index (χ2v) is 10.6. The standard InChI is InChI=1S/C25H31N3O2S/c1-15(2)28-22(29)25(27-23(28)26)20-12-17(21-11-16(3)14-31-21)5-6-18(20)13-24(25)9-7-19(30-4)8-10-24/h5-6,11-12,14-15,19H,7-10,13H2,1-4H3,(H2,26,27). The minimum atomic E-state index is -0.919. The fraction of sp³-hybridized carbons (Fsp3) is 0.520. The molecule has 1 atom stereocenters. The van der Waals surface area contributed by atoms with E-state index in [2.05, 4.69) is 36.6 Å². The van der Waals surface area contributed by atoms with Crippen molar-refractivity contribution in [1.82, 2.24) is 4.90 Å². The zero-order valence-corrected chi connectivity index (χ0v) is 19.6. The second kappa shape index (κ2) is 7.17. The molecule has 6 heteroatoms. The Bertz CT molecular complexity index is 1060. The molecule has 1 amide bonds. The van der Waals surface area contributed by atoms with Gasteiger partial charge < -0.3 is 10.5 Å². The van der Waals surface area contributed by atoms with Crippen LogP contribution in [0.15, 0.2) is 34.6 Å². The fourth-order valence-electron chi connectivity index (χ4n) is 6.07. The Hall–Kier alpha value is -2.18. The molecular weight excluding hydrogens is 406 g/mol. The number of aliphatic imine (C=N–C) groups is 1. The lowest BCUT2D eigenvalue weighted by Gasteiger charge is -2.45. The zero-order valence-electron chi connectivity index (χ0n) is 18.8. The molecule has 2 spiro atoms. The van der Waals surface area contributed by atoms with Crippen LogP contribution in [0.25, 0.3) is 10.4 Å². The highest BCUT2D eigenvalue weighted by Gasteiger charge is 2.66. The van der Waals surface area contributed by atoms with Gasteiger partial charge in [-0.1, -0.05) is 12.1 Å². The average molecular weight is 438 g/mol. The third-order valence-corrected chi connectivity index (χ3v) is 8.71. The van der Waals surface area contributed by atoms with E-state index in [1.54, 1.807) is 23.3 Å². The van der Waals surface area contributed by atoms with E-state index in [1.807, 2.05) is 13.8 Å². The average Bonchev–Trinajstić information content (AvgIpc) is 3.37. The molecule has 2 aliphatic carbocycles. The molecule has 164 valence electrons. The molecule has 5 rings (SSSR count). The van der Waals surface area contributed by atoms with Crippen LogP contribution in [0.5, 0.6) is 0 Å². The number of hydrogen-bond donors (Lipinski definition) is 1. The van der Waals surface area contributed by atoms with Crippen LogP contribution >= 0.6 is 11.3 Å². The highest BCUT2D eigenvalue weighted by Crippen LogP contribution is 2.62. The summed E-state index contributed by atoms with van der Waals surface area (Å²) in [6.45, 7) is 6.13. The number of ether oxygens (including phenoxy) is 1. The molecule has 3 aliphatic rings. The van der Waals surface area contributed by atoms with Crippen molar-refractivity contribution in [2.24, 2.45) is 16.1 Å². The Morgan fingerprint density at radius 1 is 1.26 bits per heavy atom. The number of guanidine groups is 1. The van der Waals surface area contributed by atoms with Gasteiger partial charge in [0.05, 0.1) is 6.10 Å². The first-order valence-electron chi connectivity index (χ1n) is 11.2. The molecule has 1 unspecified atom stereocenters. The maximum Gasteiger partial charge on any atom is 0.262 e. The molecule has 1 aromatic carbocycles. The number of aryl methyl sites for hydroxylation is 1. The third-order valence-electron chi connectivity index (χ3n) is 7.61. The normalized spacial score (nSPS) is 30.0. The summed E-state index contributed by atoms with van der Waals surface area (Å²) in [5.41, 5.74) is 9.97. The Morgan fingerprint density at radius 3 is 2.58 bits per heavy atom. The molecule has 0 bridgehead atoms. The van der Waals surface area contributed by atoms with Crippen LogP contribution in [-0.2, 0) is 21.5 Å². The molecule has 0 radical (unpaired) electrons. The van der Waals surface area contributed by atoms with E-state index in [4.69, 9.17) is 15.5 Å². The summed E-state index contributed by atoms with van der Waals surface area (Å²) < 4.78 is 5.65. The number of rotatable bonds is 3. The summed E-state index contributed by atoms with van der Waals surface area (Å²) in [4.78, 5) is 22.1. The number of fused-ring (bicyclic) bond motifs is 3. The second-order valence-electron chi connectivity index (χ2n) is 9.70. The molecule has 1 fully saturated rings. The molecule has 31 heavy (non-hydrogen) atoms. The van der Waals surface area contributed by atoms with Crippen LogP contribution in [0, 0.1) is 12.3 Å². The smallest absolute Gasteiger partial charge is 0.262 e. The summed E-state index contributed by atoms with van der Waals surface area (Å²) in [5.74, 6) is 0.410. The fourth-order valence-corrected chi connectivity index (χ4v) is 6.97. The number of carbonyl (C=O) groups is 1. The minimum absolute atomic E-state index is 0.0184. The van der Waals surface area contributed by atoms with Crippen molar-refractivity contribution in [3.8, 4) is 10.4 Å². The van der Waals surface area contributed by atoms with E-state index in [1.165, 1.54) is 16.0 Å². The van der Waals surface area contributed by atoms with Gasteiger partial charge in [0, 0.05) is 23.4 Å². The molecule has 1 saturated carbocycles. The summed E-state index contributed by atoms with van der Waals surface area (Å²) in [6.07, 6.45) is 4.87. The van der Waals surface area contributed by atoms with Crippen molar-refractivity contribution in [1.29, 1.82) is 0 Å². The van der Waals surface area contributed by atoms with Gasteiger partial charge >= 0.3 is 0 Å². The van der Waals surface area contributed by atoms with Crippen molar-refractivity contribution in [3.05, 3.63) is 46.3 Å². The quantitative estimate of drug-likeness (QED) is 0.762. The van der Waals surface area contributed by atoms with Gasteiger partial charge in [-0.25, -0.2) is 4.99 Å². The first kappa shape index (κ1) is 20.7. The van der Waals surface area contributed by atoms with Gasteiger partial charge in [-0.2, -0.15) is 0 Å². The predicted molar refractivity (Wildman–Crippen MR) is 125 cm³/mol. The number of thiophene rings is 1. The Kier molecular flexibility index (Phi) is 4.79. The molecule has 1 aromatic heterocycles. The van der Waals surface area contributed by atoms with Gasteiger partial charge in [0.1, 0.15) is 0 Å². The molecule has 5 nitrogen and oxygen atoms in total. The van der Waals surface area contributed by atoms with Crippen LogP contribution < -0.4 is 5.73 Å². The maximum atomic E-state index is 14.1. The molecule has 2 aromatic rings. The summed E-state index contributed by atoms with van der Waals surface area (Å²) in [6, 6.07) is 8.83. The van der Waals surface area contributed by atoms with Gasteiger partial charge in [0.2, 0.25) is 0 Å². The number of nitrogens with two attached hydrogens (primary N) is 1. The largest absolute Gasteiger partial charge is 0.381 e. The SMILES string of the molecule is COC1CCC2(CC1)Cc1ccc(-c3cc(C)cs3)cc1C21N=C(N)N(C(C)C)C1=O. The molecule has 0 saturated heterocycles. The van der Waals surface area contributed by atoms with E-state index >= 15 is 0 Å². The van der Waals surface area contributed by atoms with Crippen LogP contribution in [0.4, 0.5) is 0 Å². The van der Waals surface area contributed by atoms with E-state index in [0.717, 1.165) is 43.2 Å². The van der Waals surface area contributed by atoms with Crippen LogP contribution in [0.3, 0.4) is 0 Å². The van der Waals surface area contributed by atoms with Crippen molar-refractivity contribution in [3.63, 3.8) is 0 Å². The maximum absolute atomic E-state index is 14.1. The first-order valence-corrected chi connectivity index (χ1v) is 12.1. The predicted octanol–water partition coefficient (Wildman–Crippen LogP) is 4.62. The summed E-state index contributed by atoms with van der Waals surface area (Å²) in [7, 11) is 1.79. The number of hydrogen-bond acceptors (Lipinski definition) is 5. The van der Waals surface area contributed by atoms with Crippen LogP contribution in [-0.4, -0.2) is 36.0 Å². The topological polar surface area (TPSA) is 67.9 Å². The number of carbonyl (C=O) groups excluding carboxylic acids is 1. The van der Waals surface area contributed by atoms with Gasteiger partial charge in [-0.15, -0.1) is 11.3 Å². The number of benzene rings is 1. The lowest BCUT2D eigenvalue weighted by atomic mass is 9.61. The highest BCUT2D eigenvalue weighted by molar-refractivity contribution is 7.13. The molecule has 1 aliphatic heterocycles. The lowest BCUT2D eigenvalue weighted by Crippen LogP contribution is -2.53.